The number of benzene rings is 2. The number of carbonyl (C=O) groups excluding carboxylic acids is 3. The second kappa shape index (κ2) is 9.23. The highest BCUT2D eigenvalue weighted by Crippen LogP contribution is 2.34. The summed E-state index contributed by atoms with van der Waals surface area (Å²) in [7, 11) is 1.54. The van der Waals surface area contributed by atoms with E-state index in [2.05, 4.69) is 5.32 Å². The van der Waals surface area contributed by atoms with E-state index in [4.69, 9.17) is 9.47 Å². The SMILES string of the molecule is COc1ccc(C)cc1N1C[C@H](C(=O)OCC(=O)NCc2ccccc2)CC1=O. The molecular weight excluding hydrogens is 372 g/mol. The van der Waals surface area contributed by atoms with Crippen molar-refractivity contribution in [2.24, 2.45) is 5.92 Å². The van der Waals surface area contributed by atoms with Crippen LogP contribution in [0.5, 0.6) is 5.75 Å². The van der Waals surface area contributed by atoms with Gasteiger partial charge >= 0.3 is 5.97 Å². The Labute approximate surface area is 169 Å². The topological polar surface area (TPSA) is 84.9 Å². The van der Waals surface area contributed by atoms with Crippen LogP contribution in [0.1, 0.15) is 17.5 Å². The third-order valence-electron chi connectivity index (χ3n) is 4.76. The van der Waals surface area contributed by atoms with Gasteiger partial charge in [-0.25, -0.2) is 0 Å². The fraction of sp³-hybridized carbons (Fsp3) is 0.318. The summed E-state index contributed by atoms with van der Waals surface area (Å²) in [6.45, 7) is 2.11. The second-order valence-corrected chi connectivity index (χ2v) is 6.95. The molecule has 1 fully saturated rings. The highest BCUT2D eigenvalue weighted by Gasteiger charge is 2.37. The van der Waals surface area contributed by atoms with E-state index < -0.39 is 11.9 Å². The van der Waals surface area contributed by atoms with Crippen LogP contribution in [0.3, 0.4) is 0 Å². The smallest absolute Gasteiger partial charge is 0.311 e. The number of ether oxygens (including phenoxy) is 2. The molecule has 1 saturated heterocycles. The number of hydrogen-bond acceptors (Lipinski definition) is 5. The highest BCUT2D eigenvalue weighted by molar-refractivity contribution is 6.00. The number of anilines is 1. The number of nitrogens with zero attached hydrogens (tertiary/aromatic N) is 1. The Balaban J connectivity index is 1.52. The highest BCUT2D eigenvalue weighted by atomic mass is 16.5. The molecule has 0 unspecified atom stereocenters. The zero-order valence-corrected chi connectivity index (χ0v) is 16.5. The number of carbonyl (C=O) groups is 3. The number of esters is 1. The van der Waals surface area contributed by atoms with E-state index in [1.165, 1.54) is 12.0 Å². The Morgan fingerprint density at radius 1 is 1.17 bits per heavy atom. The first kappa shape index (κ1) is 20.4. The van der Waals surface area contributed by atoms with Crippen molar-refractivity contribution in [1.29, 1.82) is 0 Å². The first-order chi connectivity index (χ1) is 14.0. The van der Waals surface area contributed by atoms with Crippen LogP contribution in [0.4, 0.5) is 5.69 Å². The Morgan fingerprint density at radius 3 is 2.66 bits per heavy atom. The van der Waals surface area contributed by atoms with Gasteiger partial charge in [-0.15, -0.1) is 0 Å². The quantitative estimate of drug-likeness (QED) is 0.726. The first-order valence-electron chi connectivity index (χ1n) is 9.40. The predicted octanol–water partition coefficient (Wildman–Crippen LogP) is 2.22. The second-order valence-electron chi connectivity index (χ2n) is 6.95. The van der Waals surface area contributed by atoms with Gasteiger partial charge in [0.2, 0.25) is 5.91 Å². The minimum atomic E-state index is -0.616. The Bertz CT molecular complexity index is 897. The van der Waals surface area contributed by atoms with Gasteiger partial charge in [0.15, 0.2) is 6.61 Å². The van der Waals surface area contributed by atoms with Crippen molar-refractivity contribution in [2.45, 2.75) is 19.9 Å². The zero-order chi connectivity index (χ0) is 20.8. The average molecular weight is 396 g/mol. The van der Waals surface area contributed by atoms with Crippen LogP contribution in [0.25, 0.3) is 0 Å². The maximum absolute atomic E-state index is 12.4. The first-order valence-corrected chi connectivity index (χ1v) is 9.40. The van der Waals surface area contributed by atoms with Gasteiger partial charge in [-0.1, -0.05) is 36.4 Å². The Kier molecular flexibility index (Phi) is 6.49. The van der Waals surface area contributed by atoms with E-state index >= 15 is 0 Å². The van der Waals surface area contributed by atoms with Crippen molar-refractivity contribution in [1.82, 2.24) is 5.32 Å². The van der Waals surface area contributed by atoms with Crippen molar-refractivity contribution >= 4 is 23.5 Å². The van der Waals surface area contributed by atoms with Crippen LogP contribution < -0.4 is 15.0 Å². The summed E-state index contributed by atoms with van der Waals surface area (Å²) in [4.78, 5) is 38.3. The lowest BCUT2D eigenvalue weighted by atomic mass is 10.1. The van der Waals surface area contributed by atoms with E-state index in [1.54, 1.807) is 6.07 Å². The lowest BCUT2D eigenvalue weighted by Gasteiger charge is -2.20. The molecule has 7 nitrogen and oxygen atoms in total. The fourth-order valence-corrected chi connectivity index (χ4v) is 3.21. The molecule has 0 saturated carbocycles. The summed E-state index contributed by atoms with van der Waals surface area (Å²) in [5.74, 6) is -1.16. The molecule has 0 aromatic heterocycles. The monoisotopic (exact) mass is 396 g/mol. The molecule has 152 valence electrons. The number of rotatable bonds is 7. The van der Waals surface area contributed by atoms with Gasteiger partial charge in [0.05, 0.1) is 18.7 Å². The third kappa shape index (κ3) is 5.13. The van der Waals surface area contributed by atoms with Gasteiger partial charge in [0.1, 0.15) is 5.75 Å². The lowest BCUT2D eigenvalue weighted by Crippen LogP contribution is -2.31. The Morgan fingerprint density at radius 2 is 1.93 bits per heavy atom. The summed E-state index contributed by atoms with van der Waals surface area (Å²) in [6.07, 6.45) is 0.0432. The molecule has 0 bridgehead atoms. The number of amides is 2. The van der Waals surface area contributed by atoms with Crippen LogP contribution in [0.15, 0.2) is 48.5 Å². The molecule has 1 N–H and O–H groups in total. The molecule has 1 atom stereocenters. The molecule has 0 radical (unpaired) electrons. The van der Waals surface area contributed by atoms with E-state index in [1.807, 2.05) is 49.4 Å². The number of methoxy groups -OCH3 is 1. The standard InChI is InChI=1S/C22H24N2O5/c1-15-8-9-19(28-2)18(10-15)24-13-17(11-21(24)26)22(27)29-14-20(25)23-12-16-6-4-3-5-7-16/h3-10,17H,11-14H2,1-2H3,(H,23,25)/t17-/m1/s1. The van der Waals surface area contributed by atoms with Gasteiger partial charge in [0.25, 0.3) is 5.91 Å². The number of nitrogens with one attached hydrogen (secondary N) is 1. The number of hydrogen-bond donors (Lipinski definition) is 1. The summed E-state index contributed by atoms with van der Waals surface area (Å²) in [6, 6.07) is 15.0. The van der Waals surface area contributed by atoms with Gasteiger partial charge < -0.3 is 19.7 Å². The van der Waals surface area contributed by atoms with E-state index in [-0.39, 0.29) is 31.4 Å². The minimum absolute atomic E-state index is 0.0432. The van der Waals surface area contributed by atoms with E-state index in [0.29, 0.717) is 18.0 Å². The van der Waals surface area contributed by atoms with E-state index in [0.717, 1.165) is 11.1 Å². The zero-order valence-electron chi connectivity index (χ0n) is 16.5. The van der Waals surface area contributed by atoms with Crippen molar-refractivity contribution in [3.8, 4) is 5.75 Å². The van der Waals surface area contributed by atoms with Crippen molar-refractivity contribution in [2.75, 3.05) is 25.2 Å². The molecule has 0 aliphatic carbocycles. The van der Waals surface area contributed by atoms with Gasteiger partial charge in [-0.3, -0.25) is 14.4 Å². The maximum Gasteiger partial charge on any atom is 0.311 e. The summed E-state index contributed by atoms with van der Waals surface area (Å²) in [5, 5.41) is 2.70. The molecule has 29 heavy (non-hydrogen) atoms. The summed E-state index contributed by atoms with van der Waals surface area (Å²) >= 11 is 0. The molecule has 7 heteroatoms. The van der Waals surface area contributed by atoms with Crippen LogP contribution >= 0.6 is 0 Å². The molecule has 2 aromatic carbocycles. The molecule has 1 aliphatic rings. The largest absolute Gasteiger partial charge is 0.495 e. The van der Waals surface area contributed by atoms with Crippen LogP contribution in [-0.4, -0.2) is 38.0 Å². The normalized spacial score (nSPS) is 15.9. The summed E-state index contributed by atoms with van der Waals surface area (Å²) < 4.78 is 10.5. The molecule has 2 aromatic rings. The fourth-order valence-electron chi connectivity index (χ4n) is 3.21. The van der Waals surface area contributed by atoms with Crippen LogP contribution in [0.2, 0.25) is 0 Å². The Hall–Kier alpha value is -3.35. The molecule has 1 aliphatic heterocycles. The van der Waals surface area contributed by atoms with Crippen LogP contribution in [-0.2, 0) is 25.7 Å². The molecule has 0 spiro atoms. The molecular formula is C22H24N2O5. The van der Waals surface area contributed by atoms with Crippen molar-refractivity contribution in [3.05, 3.63) is 59.7 Å². The molecule has 1 heterocycles. The van der Waals surface area contributed by atoms with Crippen molar-refractivity contribution < 1.29 is 23.9 Å². The molecule has 2 amide bonds. The predicted molar refractivity (Wildman–Crippen MR) is 107 cm³/mol. The maximum atomic E-state index is 12.4. The van der Waals surface area contributed by atoms with Crippen LogP contribution in [0, 0.1) is 12.8 Å². The van der Waals surface area contributed by atoms with Gasteiger partial charge in [-0.05, 0) is 30.2 Å². The summed E-state index contributed by atoms with van der Waals surface area (Å²) in [5.41, 5.74) is 2.57. The lowest BCUT2D eigenvalue weighted by molar-refractivity contribution is -0.152. The van der Waals surface area contributed by atoms with Crippen molar-refractivity contribution in [3.63, 3.8) is 0 Å². The van der Waals surface area contributed by atoms with Gasteiger partial charge in [0, 0.05) is 19.5 Å². The van der Waals surface area contributed by atoms with Gasteiger partial charge in [-0.2, -0.15) is 0 Å². The minimum Gasteiger partial charge on any atom is -0.495 e. The number of aryl methyl sites for hydroxylation is 1. The molecule has 3 rings (SSSR count). The average Bonchev–Trinajstić information content (AvgIpc) is 3.12. The van der Waals surface area contributed by atoms with E-state index in [9.17, 15) is 14.4 Å². The third-order valence-corrected chi connectivity index (χ3v) is 4.76.